The molecular weight excluding hydrogens is 582 g/mol. The van der Waals surface area contributed by atoms with Crippen molar-refractivity contribution in [3.05, 3.63) is 81.2 Å². The molecule has 1 saturated heterocycles. The molecule has 5 aliphatic carbocycles. The van der Waals surface area contributed by atoms with Crippen LogP contribution in [0.15, 0.2) is 81.2 Å². The summed E-state index contributed by atoms with van der Waals surface area (Å²) in [6.07, 6.45) is 16.6. The van der Waals surface area contributed by atoms with E-state index in [-0.39, 0.29) is 47.4 Å². The first kappa shape index (κ1) is 29.3. The standard InChI is InChI=1S/C37H41N3O6/c1-3-5-7-25-23-10-9-21-19-15-17-37(32(21)31(23)35(43)45-25)26(8-6-4-2)46-36(44)33(37)30(19)29-20-16-18-39-34(38)22(20)11-12-24(29)40-27(41)13-14-28(40)42/h7-8,13-14,16,19,21,24,29,32,39H,3-6,9-12,15,17-18,38H2,1-2H3. The highest BCUT2D eigenvalue weighted by Crippen LogP contribution is 2.72. The molecule has 2 bridgehead atoms. The monoisotopic (exact) mass is 623 g/mol. The van der Waals surface area contributed by atoms with E-state index in [0.717, 1.165) is 72.8 Å². The molecule has 9 rings (SSSR count). The Bertz CT molecular complexity index is 1690. The van der Waals surface area contributed by atoms with E-state index < -0.39 is 11.5 Å². The lowest BCUT2D eigenvalue weighted by Gasteiger charge is -2.58. The summed E-state index contributed by atoms with van der Waals surface area (Å²) in [5, 5.41) is 3.26. The summed E-state index contributed by atoms with van der Waals surface area (Å²) in [7, 11) is 0. The van der Waals surface area contributed by atoms with E-state index in [1.54, 1.807) is 0 Å². The Morgan fingerprint density at radius 3 is 2.46 bits per heavy atom. The zero-order chi connectivity index (χ0) is 31.9. The zero-order valence-electron chi connectivity index (χ0n) is 26.5. The van der Waals surface area contributed by atoms with Crippen LogP contribution in [0.2, 0.25) is 0 Å². The van der Waals surface area contributed by atoms with Gasteiger partial charge in [0.15, 0.2) is 0 Å². The van der Waals surface area contributed by atoms with Gasteiger partial charge >= 0.3 is 11.9 Å². The molecule has 9 aliphatic rings. The molecule has 0 aromatic rings. The molecule has 3 N–H and O–H groups in total. The van der Waals surface area contributed by atoms with Crippen LogP contribution in [0.4, 0.5) is 0 Å². The third-order valence-corrected chi connectivity index (χ3v) is 11.8. The van der Waals surface area contributed by atoms with Gasteiger partial charge in [0.05, 0.1) is 22.9 Å². The fourth-order valence-electron chi connectivity index (χ4n) is 10.2. The maximum Gasteiger partial charge on any atom is 0.340 e. The van der Waals surface area contributed by atoms with Gasteiger partial charge in [-0.05, 0) is 92.1 Å². The average Bonchev–Trinajstić information content (AvgIpc) is 3.68. The summed E-state index contributed by atoms with van der Waals surface area (Å²) in [5.74, 6) is 0.103. The number of hydrogen-bond donors (Lipinski definition) is 2. The van der Waals surface area contributed by atoms with Gasteiger partial charge in [-0.25, -0.2) is 9.59 Å². The number of dihydropyridines is 1. The summed E-state index contributed by atoms with van der Waals surface area (Å²) < 4.78 is 12.2. The SMILES string of the molecule is CCCC=C1OC(=O)C2=C1CCC1C3CCC4(C(=CCCC)OC(=O)C4=C3C3C4=CCNC(N)=C4CCC3N3C(=O)C=CC3=O)C21. The van der Waals surface area contributed by atoms with Crippen LogP contribution in [0, 0.1) is 29.1 Å². The smallest absolute Gasteiger partial charge is 0.340 e. The highest BCUT2D eigenvalue weighted by atomic mass is 16.5. The van der Waals surface area contributed by atoms with E-state index in [4.69, 9.17) is 15.2 Å². The Morgan fingerprint density at radius 1 is 0.957 bits per heavy atom. The number of unbranched alkanes of at least 4 members (excludes halogenated alkanes) is 2. The van der Waals surface area contributed by atoms with Crippen molar-refractivity contribution in [2.24, 2.45) is 34.8 Å². The van der Waals surface area contributed by atoms with E-state index in [1.165, 1.54) is 17.1 Å². The van der Waals surface area contributed by atoms with Gasteiger partial charge in [0, 0.05) is 41.7 Å². The number of allylic oxidation sites excluding steroid dienone is 5. The maximum absolute atomic E-state index is 14.4. The van der Waals surface area contributed by atoms with Crippen LogP contribution in [-0.2, 0) is 28.7 Å². The number of esters is 2. The van der Waals surface area contributed by atoms with Gasteiger partial charge in [-0.15, -0.1) is 0 Å². The molecule has 0 aromatic heterocycles. The Balaban J connectivity index is 1.37. The van der Waals surface area contributed by atoms with Gasteiger partial charge < -0.3 is 20.5 Å². The van der Waals surface area contributed by atoms with Crippen LogP contribution in [0.5, 0.6) is 0 Å². The molecule has 2 amide bonds. The maximum atomic E-state index is 14.4. The van der Waals surface area contributed by atoms with E-state index >= 15 is 0 Å². The number of nitrogens with two attached hydrogens (primary N) is 1. The molecule has 6 unspecified atom stereocenters. The van der Waals surface area contributed by atoms with Crippen molar-refractivity contribution in [3.63, 3.8) is 0 Å². The Hall–Kier alpha value is -4.14. The number of ether oxygens (including phenoxy) is 2. The Kier molecular flexibility index (Phi) is 6.82. The fourth-order valence-corrected chi connectivity index (χ4v) is 10.2. The first-order chi connectivity index (χ1) is 22.3. The number of nitrogens with one attached hydrogen (secondary N) is 1. The summed E-state index contributed by atoms with van der Waals surface area (Å²) >= 11 is 0. The molecule has 0 radical (unpaired) electrons. The average molecular weight is 624 g/mol. The topological polar surface area (TPSA) is 128 Å². The number of rotatable bonds is 6. The molecule has 9 nitrogen and oxygen atoms in total. The zero-order valence-corrected chi connectivity index (χ0v) is 26.5. The first-order valence-corrected chi connectivity index (χ1v) is 17.1. The number of carbonyl (C=O) groups is 4. The molecule has 6 atom stereocenters. The fraction of sp³-hybridized carbons (Fsp3) is 0.514. The molecule has 3 fully saturated rings. The van der Waals surface area contributed by atoms with Crippen LogP contribution in [0.25, 0.3) is 0 Å². The first-order valence-electron chi connectivity index (χ1n) is 17.1. The van der Waals surface area contributed by atoms with Crippen LogP contribution in [0.3, 0.4) is 0 Å². The molecule has 0 aromatic carbocycles. The van der Waals surface area contributed by atoms with Crippen molar-refractivity contribution in [2.75, 3.05) is 6.54 Å². The summed E-state index contributed by atoms with van der Waals surface area (Å²) in [4.78, 5) is 56.0. The summed E-state index contributed by atoms with van der Waals surface area (Å²) in [6.45, 7) is 4.73. The van der Waals surface area contributed by atoms with Gasteiger partial charge in [-0.3, -0.25) is 14.5 Å². The van der Waals surface area contributed by atoms with E-state index in [9.17, 15) is 19.2 Å². The van der Waals surface area contributed by atoms with Crippen LogP contribution < -0.4 is 11.1 Å². The van der Waals surface area contributed by atoms with Gasteiger partial charge in [0.1, 0.15) is 11.5 Å². The molecular formula is C37H41N3O6. The van der Waals surface area contributed by atoms with Gasteiger partial charge in [0.2, 0.25) is 0 Å². The highest BCUT2D eigenvalue weighted by Gasteiger charge is 2.69. The molecule has 1 spiro atoms. The number of hydrogen-bond acceptors (Lipinski definition) is 8. The van der Waals surface area contributed by atoms with Gasteiger partial charge in [0.25, 0.3) is 11.8 Å². The van der Waals surface area contributed by atoms with Crippen molar-refractivity contribution in [1.29, 1.82) is 0 Å². The van der Waals surface area contributed by atoms with Crippen molar-refractivity contribution >= 4 is 23.8 Å². The number of imide groups is 1. The number of cyclic esters (lactones) is 2. The lowest BCUT2D eigenvalue weighted by atomic mass is 9.43. The van der Waals surface area contributed by atoms with Crippen molar-refractivity contribution < 1.29 is 28.7 Å². The molecule has 46 heavy (non-hydrogen) atoms. The molecule has 240 valence electrons. The molecule has 4 aliphatic heterocycles. The Labute approximate surface area is 269 Å². The molecule has 9 heteroatoms. The quantitative estimate of drug-likeness (QED) is 0.316. The second kappa shape index (κ2) is 10.7. The lowest BCUT2D eigenvalue weighted by Crippen LogP contribution is -2.56. The van der Waals surface area contributed by atoms with Crippen LogP contribution in [-0.4, -0.2) is 41.2 Å². The van der Waals surface area contributed by atoms with E-state index in [1.807, 2.05) is 6.08 Å². The van der Waals surface area contributed by atoms with Crippen LogP contribution in [0.1, 0.15) is 78.1 Å². The number of carbonyl (C=O) groups excluding carboxylic acids is 4. The Morgan fingerprint density at radius 2 is 1.70 bits per heavy atom. The van der Waals surface area contributed by atoms with E-state index in [0.29, 0.717) is 48.7 Å². The minimum Gasteiger partial charge on any atom is -0.427 e. The van der Waals surface area contributed by atoms with Crippen molar-refractivity contribution in [1.82, 2.24) is 10.2 Å². The summed E-state index contributed by atoms with van der Waals surface area (Å²) in [5.41, 5.74) is 11.1. The molecule has 2 saturated carbocycles. The number of amides is 2. The van der Waals surface area contributed by atoms with Crippen molar-refractivity contribution in [2.45, 2.75) is 84.1 Å². The van der Waals surface area contributed by atoms with Gasteiger partial charge in [-0.1, -0.05) is 32.8 Å². The highest BCUT2D eigenvalue weighted by molar-refractivity contribution is 6.13. The molecule has 4 heterocycles. The van der Waals surface area contributed by atoms with Crippen LogP contribution >= 0.6 is 0 Å². The second-order valence-corrected chi connectivity index (χ2v) is 13.9. The third kappa shape index (κ3) is 3.86. The summed E-state index contributed by atoms with van der Waals surface area (Å²) in [6, 6.07) is -0.455. The van der Waals surface area contributed by atoms with Crippen molar-refractivity contribution in [3.8, 4) is 0 Å². The largest absolute Gasteiger partial charge is 0.427 e. The third-order valence-electron chi connectivity index (χ3n) is 11.8. The normalized spacial score (nSPS) is 36.3. The lowest BCUT2D eigenvalue weighted by molar-refractivity contribution is -0.141. The minimum atomic E-state index is -0.802. The predicted molar refractivity (Wildman–Crippen MR) is 168 cm³/mol. The second-order valence-electron chi connectivity index (χ2n) is 13.9. The van der Waals surface area contributed by atoms with Gasteiger partial charge in [-0.2, -0.15) is 0 Å². The predicted octanol–water partition coefficient (Wildman–Crippen LogP) is 4.90. The number of fused-ring (bicyclic) bond motifs is 2. The van der Waals surface area contributed by atoms with E-state index in [2.05, 4.69) is 31.3 Å². The minimum absolute atomic E-state index is 0.0184. The number of nitrogens with zero attached hydrogens (tertiary/aromatic N) is 1.